The number of hydrogen-bond acceptors (Lipinski definition) is 3. The minimum atomic E-state index is 0.0773. The topological polar surface area (TPSA) is 45.2 Å². The highest BCUT2D eigenvalue weighted by atomic mass is 35.5. The third kappa shape index (κ3) is 4.23. The number of aromatic nitrogens is 1. The molecule has 2 heterocycles. The molecule has 2 aromatic rings. The summed E-state index contributed by atoms with van der Waals surface area (Å²) in [5, 5.41) is 4.07. The number of nitrogens with zero attached hydrogens (tertiary/aromatic N) is 2. The van der Waals surface area contributed by atoms with Gasteiger partial charge in [-0.25, -0.2) is 0 Å². The standard InChI is InChI=1S/C18H20ClN3O/c19-16-5-3-4-14(10-16)6-7-21-17-11-15(12-20-13-17)18(23)22-8-1-2-9-22/h3-5,10-13,21H,1-2,6-9H2. The van der Waals surface area contributed by atoms with Crippen LogP contribution in [0.2, 0.25) is 5.02 Å². The van der Waals surface area contributed by atoms with Gasteiger partial charge in [-0.1, -0.05) is 23.7 Å². The molecule has 1 saturated heterocycles. The number of benzene rings is 1. The van der Waals surface area contributed by atoms with Crippen LogP contribution in [0.15, 0.2) is 42.7 Å². The number of likely N-dealkylation sites (tertiary alicyclic amines) is 1. The molecule has 1 aliphatic rings. The van der Waals surface area contributed by atoms with Gasteiger partial charge >= 0.3 is 0 Å². The van der Waals surface area contributed by atoms with E-state index in [4.69, 9.17) is 11.6 Å². The fraction of sp³-hybridized carbons (Fsp3) is 0.333. The van der Waals surface area contributed by atoms with Gasteiger partial charge in [-0.2, -0.15) is 0 Å². The second kappa shape index (κ2) is 7.47. The molecule has 3 rings (SSSR count). The maximum Gasteiger partial charge on any atom is 0.255 e. The summed E-state index contributed by atoms with van der Waals surface area (Å²) < 4.78 is 0. The van der Waals surface area contributed by atoms with Gasteiger partial charge in [0.05, 0.1) is 11.3 Å². The molecule has 0 aliphatic carbocycles. The van der Waals surface area contributed by atoms with Crippen LogP contribution in [0.3, 0.4) is 0 Å². The van der Waals surface area contributed by atoms with E-state index in [2.05, 4.69) is 16.4 Å². The summed E-state index contributed by atoms with van der Waals surface area (Å²) in [5.41, 5.74) is 2.71. The van der Waals surface area contributed by atoms with Gasteiger partial charge in [-0.05, 0) is 43.0 Å². The van der Waals surface area contributed by atoms with E-state index in [0.717, 1.165) is 49.6 Å². The smallest absolute Gasteiger partial charge is 0.255 e. The molecule has 0 bridgehead atoms. The van der Waals surface area contributed by atoms with Crippen LogP contribution in [0, 0.1) is 0 Å². The van der Waals surface area contributed by atoms with Gasteiger partial charge in [0.25, 0.3) is 5.91 Å². The third-order valence-electron chi connectivity index (χ3n) is 4.01. The van der Waals surface area contributed by atoms with Crippen LogP contribution in [0.4, 0.5) is 5.69 Å². The van der Waals surface area contributed by atoms with Crippen LogP contribution in [0.5, 0.6) is 0 Å². The highest BCUT2D eigenvalue weighted by molar-refractivity contribution is 6.30. The van der Waals surface area contributed by atoms with E-state index in [0.29, 0.717) is 5.56 Å². The summed E-state index contributed by atoms with van der Waals surface area (Å²) >= 11 is 5.99. The van der Waals surface area contributed by atoms with Gasteiger partial charge in [0.2, 0.25) is 0 Å². The van der Waals surface area contributed by atoms with Gasteiger partial charge < -0.3 is 10.2 Å². The zero-order chi connectivity index (χ0) is 16.1. The number of hydrogen-bond donors (Lipinski definition) is 1. The van der Waals surface area contributed by atoms with Crippen molar-refractivity contribution in [3.63, 3.8) is 0 Å². The molecular formula is C18H20ClN3O. The number of carbonyl (C=O) groups is 1. The monoisotopic (exact) mass is 329 g/mol. The lowest BCUT2D eigenvalue weighted by molar-refractivity contribution is 0.0792. The Kier molecular flexibility index (Phi) is 5.13. The Morgan fingerprint density at radius 3 is 2.83 bits per heavy atom. The molecule has 0 saturated carbocycles. The van der Waals surface area contributed by atoms with Gasteiger partial charge in [-0.15, -0.1) is 0 Å². The van der Waals surface area contributed by atoms with E-state index in [9.17, 15) is 4.79 Å². The Hall–Kier alpha value is -2.07. The van der Waals surface area contributed by atoms with Crippen LogP contribution in [0.25, 0.3) is 0 Å². The van der Waals surface area contributed by atoms with Crippen LogP contribution in [-0.2, 0) is 6.42 Å². The lowest BCUT2D eigenvalue weighted by atomic mass is 10.1. The predicted molar refractivity (Wildman–Crippen MR) is 93.0 cm³/mol. The van der Waals surface area contributed by atoms with Crippen molar-refractivity contribution in [1.82, 2.24) is 9.88 Å². The zero-order valence-corrected chi connectivity index (χ0v) is 13.7. The van der Waals surface area contributed by atoms with E-state index in [1.165, 1.54) is 5.56 Å². The number of pyridine rings is 1. The Bertz CT molecular complexity index is 683. The molecule has 1 fully saturated rings. The van der Waals surface area contributed by atoms with Gasteiger partial charge in [0, 0.05) is 37.1 Å². The first-order valence-corrected chi connectivity index (χ1v) is 8.33. The van der Waals surface area contributed by atoms with Crippen molar-refractivity contribution in [2.75, 3.05) is 25.0 Å². The molecule has 120 valence electrons. The first-order valence-electron chi connectivity index (χ1n) is 7.95. The van der Waals surface area contributed by atoms with E-state index >= 15 is 0 Å². The zero-order valence-electron chi connectivity index (χ0n) is 13.0. The van der Waals surface area contributed by atoms with Crippen LogP contribution in [-0.4, -0.2) is 35.4 Å². The normalized spacial score (nSPS) is 14.0. The summed E-state index contributed by atoms with van der Waals surface area (Å²) in [5.74, 6) is 0.0773. The van der Waals surface area contributed by atoms with Crippen molar-refractivity contribution < 1.29 is 4.79 Å². The van der Waals surface area contributed by atoms with Crippen molar-refractivity contribution in [2.24, 2.45) is 0 Å². The molecule has 0 atom stereocenters. The third-order valence-corrected chi connectivity index (χ3v) is 4.25. The van der Waals surface area contributed by atoms with Crippen molar-refractivity contribution in [1.29, 1.82) is 0 Å². The maximum atomic E-state index is 12.4. The Balaban J connectivity index is 1.58. The predicted octanol–water partition coefficient (Wildman–Crippen LogP) is 3.63. The highest BCUT2D eigenvalue weighted by Crippen LogP contribution is 2.16. The summed E-state index contributed by atoms with van der Waals surface area (Å²) in [4.78, 5) is 18.5. The van der Waals surface area contributed by atoms with Crippen molar-refractivity contribution >= 4 is 23.2 Å². The second-order valence-corrected chi connectivity index (χ2v) is 6.20. The summed E-state index contributed by atoms with van der Waals surface area (Å²) in [6, 6.07) is 9.73. The average molecular weight is 330 g/mol. The number of carbonyl (C=O) groups excluding carboxylic acids is 1. The molecule has 5 heteroatoms. The fourth-order valence-corrected chi connectivity index (χ4v) is 3.01. The van der Waals surface area contributed by atoms with Crippen LogP contribution in [0.1, 0.15) is 28.8 Å². The molecule has 0 unspecified atom stereocenters. The summed E-state index contributed by atoms with van der Waals surface area (Å²) in [6.45, 7) is 2.47. The molecule has 1 N–H and O–H groups in total. The first-order chi connectivity index (χ1) is 11.2. The largest absolute Gasteiger partial charge is 0.383 e. The molecule has 1 amide bonds. The maximum absolute atomic E-state index is 12.4. The molecule has 23 heavy (non-hydrogen) atoms. The van der Waals surface area contributed by atoms with Crippen LogP contribution < -0.4 is 5.32 Å². The molecular weight excluding hydrogens is 310 g/mol. The second-order valence-electron chi connectivity index (χ2n) is 5.77. The number of amides is 1. The lowest BCUT2D eigenvalue weighted by Gasteiger charge is -2.15. The van der Waals surface area contributed by atoms with Gasteiger partial charge in [0.15, 0.2) is 0 Å². The van der Waals surface area contributed by atoms with E-state index in [1.54, 1.807) is 12.4 Å². The Morgan fingerprint density at radius 2 is 2.04 bits per heavy atom. The Labute approximate surface area is 141 Å². The quantitative estimate of drug-likeness (QED) is 0.911. The lowest BCUT2D eigenvalue weighted by Crippen LogP contribution is -2.27. The molecule has 1 aliphatic heterocycles. The molecule has 0 radical (unpaired) electrons. The SMILES string of the molecule is O=C(c1cncc(NCCc2cccc(Cl)c2)c1)N1CCCC1. The number of anilines is 1. The van der Waals surface area contributed by atoms with Crippen LogP contribution >= 0.6 is 11.6 Å². The van der Waals surface area contributed by atoms with Crippen molar-refractivity contribution in [3.05, 3.63) is 58.9 Å². The Morgan fingerprint density at radius 1 is 1.22 bits per heavy atom. The van der Waals surface area contributed by atoms with Crippen molar-refractivity contribution in [3.8, 4) is 0 Å². The molecule has 1 aromatic heterocycles. The highest BCUT2D eigenvalue weighted by Gasteiger charge is 2.19. The van der Waals surface area contributed by atoms with E-state index in [1.807, 2.05) is 29.2 Å². The number of nitrogens with one attached hydrogen (secondary N) is 1. The first kappa shape index (κ1) is 15.8. The molecule has 1 aromatic carbocycles. The summed E-state index contributed by atoms with van der Waals surface area (Å²) in [6.07, 6.45) is 6.44. The molecule has 0 spiro atoms. The van der Waals surface area contributed by atoms with Gasteiger partial charge in [0.1, 0.15) is 0 Å². The minimum Gasteiger partial charge on any atom is -0.383 e. The summed E-state index contributed by atoms with van der Waals surface area (Å²) in [7, 11) is 0. The number of halogens is 1. The average Bonchev–Trinajstić information content (AvgIpc) is 3.09. The fourth-order valence-electron chi connectivity index (χ4n) is 2.80. The van der Waals surface area contributed by atoms with E-state index in [-0.39, 0.29) is 5.91 Å². The minimum absolute atomic E-state index is 0.0773. The van der Waals surface area contributed by atoms with E-state index < -0.39 is 0 Å². The number of rotatable bonds is 5. The van der Waals surface area contributed by atoms with Crippen molar-refractivity contribution in [2.45, 2.75) is 19.3 Å². The van der Waals surface area contributed by atoms with Gasteiger partial charge in [-0.3, -0.25) is 9.78 Å². The molecule has 4 nitrogen and oxygen atoms in total.